The Hall–Kier alpha value is -0.770. The highest BCUT2D eigenvalue weighted by atomic mass is 32.3. The number of hydrogen-bond donors (Lipinski definition) is 1. The first-order chi connectivity index (χ1) is 11.5. The summed E-state index contributed by atoms with van der Waals surface area (Å²) in [6, 6.07) is 3.36. The Morgan fingerprint density at radius 3 is 2.52 bits per heavy atom. The van der Waals surface area contributed by atoms with E-state index in [-0.39, 0.29) is 13.1 Å². The second-order valence-corrected chi connectivity index (χ2v) is 9.81. The molecule has 2 rings (SSSR count). The van der Waals surface area contributed by atoms with Crippen molar-refractivity contribution in [3.05, 3.63) is 29.3 Å². The van der Waals surface area contributed by atoms with E-state index in [1.54, 1.807) is 6.92 Å². The second kappa shape index (κ2) is 7.46. The fraction of sp³-hybridized carbons (Fsp3) is 0.625. The topological polar surface area (TPSA) is 57.6 Å². The number of benzene rings is 1. The Bertz CT molecular complexity index is 720. The van der Waals surface area contributed by atoms with Gasteiger partial charge in [-0.05, 0) is 37.1 Å². The van der Waals surface area contributed by atoms with Crippen LogP contribution in [0.1, 0.15) is 44.2 Å². The van der Waals surface area contributed by atoms with Crippen LogP contribution in [0.3, 0.4) is 0 Å². The minimum Gasteiger partial charge on any atom is -0.392 e. The van der Waals surface area contributed by atoms with Crippen molar-refractivity contribution in [2.75, 3.05) is 13.1 Å². The molecular formula is C16H22F3NO3S2. The van der Waals surface area contributed by atoms with Gasteiger partial charge in [-0.3, -0.25) is 0 Å². The smallest absolute Gasteiger partial charge is 0.392 e. The summed E-state index contributed by atoms with van der Waals surface area (Å²) in [5.74, 6) is -0.569. The molecule has 0 amide bonds. The average Bonchev–Trinajstić information content (AvgIpc) is 2.83. The zero-order chi connectivity index (χ0) is 19.0. The summed E-state index contributed by atoms with van der Waals surface area (Å²) in [6.07, 6.45) is -4.69. The van der Waals surface area contributed by atoms with Crippen molar-refractivity contribution in [1.82, 2.24) is 4.31 Å². The molecule has 1 aromatic carbocycles. The van der Waals surface area contributed by atoms with Crippen LogP contribution in [0.25, 0.3) is 0 Å². The van der Waals surface area contributed by atoms with Crippen LogP contribution < -0.4 is 0 Å². The van der Waals surface area contributed by atoms with E-state index >= 15 is 0 Å². The van der Waals surface area contributed by atoms with Crippen molar-refractivity contribution >= 4 is 21.8 Å². The maximum atomic E-state index is 13.0. The Morgan fingerprint density at radius 1 is 1.36 bits per heavy atom. The molecule has 1 aromatic rings. The van der Waals surface area contributed by atoms with E-state index in [1.165, 1.54) is 17.3 Å². The number of thioether (sulfide) groups is 1. The summed E-state index contributed by atoms with van der Waals surface area (Å²) >= 11 is 1.07. The SMILES string of the molecule is CCCN(C[C@H](C)O)S(=O)(=O)C1Sc2ccc(C(F)(F)F)cc2C1C. The molecule has 0 bridgehead atoms. The summed E-state index contributed by atoms with van der Waals surface area (Å²) in [5.41, 5.74) is -0.368. The van der Waals surface area contributed by atoms with Gasteiger partial charge >= 0.3 is 6.18 Å². The predicted molar refractivity (Wildman–Crippen MR) is 92.0 cm³/mol. The molecule has 0 fully saturated rings. The van der Waals surface area contributed by atoms with Gasteiger partial charge in [0.15, 0.2) is 0 Å². The van der Waals surface area contributed by atoms with Gasteiger partial charge in [-0.1, -0.05) is 13.8 Å². The zero-order valence-electron chi connectivity index (χ0n) is 14.2. The first-order valence-corrected chi connectivity index (χ1v) is 10.4. The summed E-state index contributed by atoms with van der Waals surface area (Å²) in [7, 11) is -3.77. The van der Waals surface area contributed by atoms with E-state index in [2.05, 4.69) is 0 Å². The third kappa shape index (κ3) is 4.32. The molecule has 1 N–H and O–H groups in total. The van der Waals surface area contributed by atoms with E-state index in [1.807, 2.05) is 6.92 Å². The molecule has 1 aliphatic heterocycles. The molecule has 4 nitrogen and oxygen atoms in total. The number of sulfonamides is 1. The van der Waals surface area contributed by atoms with Gasteiger partial charge in [-0.25, -0.2) is 8.42 Å². The van der Waals surface area contributed by atoms with Crippen molar-refractivity contribution < 1.29 is 26.7 Å². The highest BCUT2D eigenvalue weighted by Crippen LogP contribution is 2.49. The second-order valence-electron chi connectivity index (χ2n) is 6.28. The van der Waals surface area contributed by atoms with Crippen LogP contribution in [-0.4, -0.2) is 41.6 Å². The number of aliphatic hydroxyl groups is 1. The molecule has 0 saturated heterocycles. The fourth-order valence-corrected chi connectivity index (χ4v) is 7.00. The van der Waals surface area contributed by atoms with Gasteiger partial charge in [-0.2, -0.15) is 17.5 Å². The van der Waals surface area contributed by atoms with Crippen LogP contribution >= 0.6 is 11.8 Å². The van der Waals surface area contributed by atoms with Gasteiger partial charge in [0.2, 0.25) is 10.0 Å². The summed E-state index contributed by atoms with van der Waals surface area (Å²) in [6.45, 7) is 5.22. The minimum absolute atomic E-state index is 0.0237. The molecule has 0 aromatic heterocycles. The molecule has 25 heavy (non-hydrogen) atoms. The normalized spacial score (nSPS) is 22.2. The van der Waals surface area contributed by atoms with Gasteiger partial charge in [0.1, 0.15) is 4.58 Å². The van der Waals surface area contributed by atoms with Gasteiger partial charge in [-0.15, -0.1) is 11.8 Å². The van der Waals surface area contributed by atoms with Crippen LogP contribution in [0, 0.1) is 0 Å². The Morgan fingerprint density at radius 2 is 2.00 bits per heavy atom. The van der Waals surface area contributed by atoms with Crippen molar-refractivity contribution in [2.45, 2.75) is 54.9 Å². The van der Waals surface area contributed by atoms with E-state index in [0.29, 0.717) is 16.9 Å². The molecule has 1 aliphatic rings. The zero-order valence-corrected chi connectivity index (χ0v) is 15.9. The van der Waals surface area contributed by atoms with E-state index < -0.39 is 38.4 Å². The third-order valence-corrected chi connectivity index (χ3v) is 8.40. The lowest BCUT2D eigenvalue weighted by Crippen LogP contribution is -2.42. The lowest BCUT2D eigenvalue weighted by molar-refractivity contribution is -0.137. The molecule has 3 atom stereocenters. The van der Waals surface area contributed by atoms with Gasteiger partial charge in [0.05, 0.1) is 11.7 Å². The molecule has 0 spiro atoms. The monoisotopic (exact) mass is 397 g/mol. The highest BCUT2D eigenvalue weighted by molar-refractivity contribution is 8.13. The molecular weight excluding hydrogens is 375 g/mol. The quantitative estimate of drug-likeness (QED) is 0.796. The van der Waals surface area contributed by atoms with E-state index in [0.717, 1.165) is 23.9 Å². The van der Waals surface area contributed by atoms with Crippen LogP contribution in [0.5, 0.6) is 0 Å². The number of hydrogen-bond acceptors (Lipinski definition) is 4. The van der Waals surface area contributed by atoms with Gasteiger partial charge in [0.25, 0.3) is 0 Å². The van der Waals surface area contributed by atoms with Crippen molar-refractivity contribution in [3.63, 3.8) is 0 Å². The Kier molecular flexibility index (Phi) is 6.13. The van der Waals surface area contributed by atoms with Gasteiger partial charge in [0, 0.05) is 23.9 Å². The van der Waals surface area contributed by atoms with Crippen LogP contribution in [0.4, 0.5) is 13.2 Å². The lowest BCUT2D eigenvalue weighted by Gasteiger charge is -2.27. The molecule has 0 saturated carbocycles. The molecule has 0 radical (unpaired) electrons. The Balaban J connectivity index is 2.34. The first-order valence-electron chi connectivity index (χ1n) is 8.03. The Labute approximate surface area is 150 Å². The predicted octanol–water partition coefficient (Wildman–Crippen LogP) is 3.66. The number of alkyl halides is 3. The van der Waals surface area contributed by atoms with Crippen LogP contribution in [0.15, 0.2) is 23.1 Å². The van der Waals surface area contributed by atoms with Crippen molar-refractivity contribution in [2.24, 2.45) is 0 Å². The molecule has 2 unspecified atom stereocenters. The van der Waals surface area contributed by atoms with Crippen LogP contribution in [0.2, 0.25) is 0 Å². The largest absolute Gasteiger partial charge is 0.416 e. The third-order valence-electron chi connectivity index (χ3n) is 4.07. The number of fused-ring (bicyclic) bond motifs is 1. The maximum absolute atomic E-state index is 13.0. The summed E-state index contributed by atoms with van der Waals surface area (Å²) < 4.78 is 65.1. The summed E-state index contributed by atoms with van der Waals surface area (Å²) in [5, 5.41) is 9.58. The van der Waals surface area contributed by atoms with Crippen molar-refractivity contribution in [3.8, 4) is 0 Å². The van der Waals surface area contributed by atoms with Crippen LogP contribution in [-0.2, 0) is 16.2 Å². The maximum Gasteiger partial charge on any atom is 0.416 e. The highest BCUT2D eigenvalue weighted by Gasteiger charge is 2.43. The number of rotatable bonds is 6. The lowest BCUT2D eigenvalue weighted by atomic mass is 10.0. The fourth-order valence-electron chi connectivity index (χ4n) is 2.89. The molecule has 0 aliphatic carbocycles. The average molecular weight is 397 g/mol. The number of nitrogens with zero attached hydrogens (tertiary/aromatic N) is 1. The molecule has 142 valence electrons. The van der Waals surface area contributed by atoms with E-state index in [4.69, 9.17) is 0 Å². The first kappa shape index (κ1) is 20.5. The molecule has 1 heterocycles. The number of halogens is 3. The molecule has 9 heteroatoms. The summed E-state index contributed by atoms with van der Waals surface area (Å²) in [4.78, 5) is 0.558. The van der Waals surface area contributed by atoms with E-state index in [9.17, 15) is 26.7 Å². The standard InChI is InChI=1S/C16H22F3NO3S2/c1-4-7-20(9-10(2)21)25(22,23)15-11(3)13-8-12(16(17,18)19)5-6-14(13)24-15/h5-6,8,10-11,15,21H,4,7,9H2,1-3H3/t10-,11?,15?/m0/s1. The van der Waals surface area contributed by atoms with Gasteiger partial charge < -0.3 is 5.11 Å². The van der Waals surface area contributed by atoms with Crippen molar-refractivity contribution in [1.29, 1.82) is 0 Å². The minimum atomic E-state index is -4.46. The number of aliphatic hydroxyl groups excluding tert-OH is 1.